The van der Waals surface area contributed by atoms with Crippen molar-refractivity contribution in [2.24, 2.45) is 0 Å². The molecule has 1 unspecified atom stereocenters. The maximum absolute atomic E-state index is 14.3. The highest BCUT2D eigenvalue weighted by molar-refractivity contribution is 5.19. The second-order valence-corrected chi connectivity index (χ2v) is 8.47. The Morgan fingerprint density at radius 2 is 0.972 bits per heavy atom. The molecule has 1 rings (SSSR count). The van der Waals surface area contributed by atoms with Crippen LogP contribution < -0.4 is 0 Å². The van der Waals surface area contributed by atoms with Crippen LogP contribution in [0, 0.1) is 0 Å². The molecule has 36 heavy (non-hydrogen) atoms. The van der Waals surface area contributed by atoms with Gasteiger partial charge in [-0.2, -0.15) is 65.9 Å². The Hall–Kier alpha value is -1.91. The zero-order valence-electron chi connectivity index (χ0n) is 18.2. The molecule has 1 atom stereocenters. The molecule has 1 aromatic carbocycles. The van der Waals surface area contributed by atoms with Crippen molar-refractivity contribution in [3.05, 3.63) is 35.9 Å². The van der Waals surface area contributed by atoms with Gasteiger partial charge in [-0.15, -0.1) is 0 Å². The van der Waals surface area contributed by atoms with Crippen molar-refractivity contribution >= 4 is 0 Å². The smallest absolute Gasteiger partial charge is 0.230 e. The Balaban J connectivity index is 3.52. The third kappa shape index (κ3) is 5.50. The van der Waals surface area contributed by atoms with Gasteiger partial charge in [0.25, 0.3) is 0 Å². The van der Waals surface area contributed by atoms with Gasteiger partial charge in [0.05, 0.1) is 12.0 Å². The number of rotatable bonds is 10. The standard InChI is InChI=1S/C19H17F15O2/c1-12(2,3)36-35-11(10-7-5-4-6-8-10)9-13(20,21)14(22,23)15(24,25)16(26,27)17(28,29)18(30,31)19(32,33)34/h4-8,11H,9H2,1-3H3. The van der Waals surface area contributed by atoms with Crippen LogP contribution >= 0.6 is 0 Å². The minimum Gasteiger partial charge on any atom is -0.230 e. The van der Waals surface area contributed by atoms with E-state index < -0.39 is 65.4 Å². The van der Waals surface area contributed by atoms with Gasteiger partial charge in [0.2, 0.25) is 0 Å². The zero-order valence-corrected chi connectivity index (χ0v) is 18.2. The summed E-state index contributed by atoms with van der Waals surface area (Å²) in [5, 5.41) is 0. The minimum atomic E-state index is -8.34. The maximum Gasteiger partial charge on any atom is 0.460 e. The Bertz CT molecular complexity index is 873. The SMILES string of the molecule is CC(C)(C)OOC(CC(F)(F)C(F)(F)C(F)(F)C(F)(F)C(F)(F)C(F)(F)C(F)(F)F)c1ccccc1. The van der Waals surface area contributed by atoms with Crippen molar-refractivity contribution in [3.63, 3.8) is 0 Å². The van der Waals surface area contributed by atoms with Crippen LogP contribution in [0.1, 0.15) is 38.9 Å². The van der Waals surface area contributed by atoms with Crippen LogP contribution in [-0.4, -0.2) is 47.3 Å². The average Bonchev–Trinajstić information content (AvgIpc) is 2.69. The number of hydrogen-bond donors (Lipinski definition) is 0. The number of halogens is 15. The van der Waals surface area contributed by atoms with Crippen molar-refractivity contribution < 1.29 is 75.6 Å². The Morgan fingerprint density at radius 3 is 1.36 bits per heavy atom. The lowest BCUT2D eigenvalue weighted by Crippen LogP contribution is -2.72. The van der Waals surface area contributed by atoms with E-state index in [1.165, 1.54) is 26.8 Å². The molecule has 0 saturated heterocycles. The summed E-state index contributed by atoms with van der Waals surface area (Å²) in [5.74, 6) is -46.9. The van der Waals surface area contributed by atoms with Crippen LogP contribution in [0.5, 0.6) is 0 Å². The summed E-state index contributed by atoms with van der Waals surface area (Å²) < 4.78 is 201. The molecule has 0 radical (unpaired) electrons. The molecule has 0 amide bonds. The van der Waals surface area contributed by atoms with E-state index in [2.05, 4.69) is 9.78 Å². The van der Waals surface area contributed by atoms with Crippen LogP contribution in [-0.2, 0) is 9.78 Å². The van der Waals surface area contributed by atoms with Crippen LogP contribution in [0.2, 0.25) is 0 Å². The third-order valence-electron chi connectivity index (χ3n) is 4.42. The fourth-order valence-electron chi connectivity index (χ4n) is 2.44. The van der Waals surface area contributed by atoms with Gasteiger partial charge in [0.15, 0.2) is 0 Å². The Morgan fingerprint density at radius 1 is 0.583 bits per heavy atom. The van der Waals surface area contributed by atoms with Crippen molar-refractivity contribution in [1.29, 1.82) is 0 Å². The lowest BCUT2D eigenvalue weighted by Gasteiger charge is -2.42. The van der Waals surface area contributed by atoms with E-state index in [1.807, 2.05) is 0 Å². The molecule has 17 heteroatoms. The van der Waals surface area contributed by atoms with Gasteiger partial charge >= 0.3 is 41.7 Å². The number of benzene rings is 1. The molecule has 210 valence electrons. The molecule has 0 N–H and O–H groups in total. The first-order chi connectivity index (χ1) is 15.7. The topological polar surface area (TPSA) is 18.5 Å². The van der Waals surface area contributed by atoms with Crippen LogP contribution in [0.4, 0.5) is 65.9 Å². The lowest BCUT2D eigenvalue weighted by atomic mass is 9.88. The normalized spacial score (nSPS) is 16.3. The minimum absolute atomic E-state index is 0.499. The summed E-state index contributed by atoms with van der Waals surface area (Å²) in [5.41, 5.74) is -1.85. The molecule has 0 aromatic heterocycles. The van der Waals surface area contributed by atoms with E-state index in [1.54, 1.807) is 0 Å². The molecule has 0 aliphatic heterocycles. The van der Waals surface area contributed by atoms with Crippen molar-refractivity contribution in [3.8, 4) is 0 Å². The summed E-state index contributed by atoms with van der Waals surface area (Å²) in [4.78, 5) is 9.16. The molecule has 0 bridgehead atoms. The van der Waals surface area contributed by atoms with Crippen molar-refractivity contribution in [1.82, 2.24) is 0 Å². The number of alkyl halides is 15. The van der Waals surface area contributed by atoms with Gasteiger partial charge in [0, 0.05) is 0 Å². The summed E-state index contributed by atoms with van der Waals surface area (Å²) in [7, 11) is 0. The first-order valence-electron chi connectivity index (χ1n) is 9.40. The predicted molar refractivity (Wildman–Crippen MR) is 91.5 cm³/mol. The van der Waals surface area contributed by atoms with Gasteiger partial charge in [-0.1, -0.05) is 30.3 Å². The monoisotopic (exact) mass is 562 g/mol. The fraction of sp³-hybridized carbons (Fsp3) is 0.684. The molecular formula is C19H17F15O2. The lowest BCUT2D eigenvalue weighted by molar-refractivity contribution is -0.455. The molecule has 0 saturated carbocycles. The predicted octanol–water partition coefficient (Wildman–Crippen LogP) is 8.24. The molecule has 0 fully saturated rings. The van der Waals surface area contributed by atoms with Gasteiger partial charge in [-0.3, -0.25) is 0 Å². The zero-order chi connectivity index (χ0) is 28.8. The van der Waals surface area contributed by atoms with Gasteiger partial charge in [-0.25, -0.2) is 9.78 Å². The summed E-state index contributed by atoms with van der Waals surface area (Å²) in [6.45, 7) is 3.71. The first kappa shape index (κ1) is 32.1. The van der Waals surface area contributed by atoms with E-state index >= 15 is 0 Å². The highest BCUT2D eigenvalue weighted by Crippen LogP contribution is 2.63. The van der Waals surface area contributed by atoms with Crippen LogP contribution in [0.25, 0.3) is 0 Å². The molecule has 1 aromatic rings. The van der Waals surface area contributed by atoms with Crippen molar-refractivity contribution in [2.75, 3.05) is 0 Å². The first-order valence-corrected chi connectivity index (χ1v) is 9.40. The number of hydrogen-bond acceptors (Lipinski definition) is 2. The van der Waals surface area contributed by atoms with Crippen LogP contribution in [0.3, 0.4) is 0 Å². The quantitative estimate of drug-likeness (QED) is 0.163. The Labute approximate surface area is 193 Å². The van der Waals surface area contributed by atoms with Crippen molar-refractivity contribution in [2.45, 2.75) is 80.6 Å². The second-order valence-electron chi connectivity index (χ2n) is 8.47. The summed E-state index contributed by atoms with van der Waals surface area (Å²) in [6.07, 6.45) is -12.8. The van der Waals surface area contributed by atoms with Crippen LogP contribution in [0.15, 0.2) is 30.3 Å². The summed E-state index contributed by atoms with van der Waals surface area (Å²) >= 11 is 0. The molecule has 2 nitrogen and oxygen atoms in total. The second kappa shape index (κ2) is 9.44. The van der Waals surface area contributed by atoms with Gasteiger partial charge < -0.3 is 0 Å². The van der Waals surface area contributed by atoms with Gasteiger partial charge in [0.1, 0.15) is 6.10 Å². The molecule has 0 aliphatic rings. The molecule has 0 heterocycles. The highest BCUT2D eigenvalue weighted by atomic mass is 19.4. The van der Waals surface area contributed by atoms with E-state index in [0.29, 0.717) is 0 Å². The fourth-order valence-corrected chi connectivity index (χ4v) is 2.44. The average molecular weight is 562 g/mol. The summed E-state index contributed by atoms with van der Waals surface area (Å²) in [6, 6.07) is 5.25. The highest BCUT2D eigenvalue weighted by Gasteiger charge is 2.93. The van der Waals surface area contributed by atoms with E-state index in [9.17, 15) is 65.9 Å². The molecular weight excluding hydrogens is 545 g/mol. The maximum atomic E-state index is 14.3. The third-order valence-corrected chi connectivity index (χ3v) is 4.42. The van der Waals surface area contributed by atoms with Gasteiger partial charge in [-0.05, 0) is 26.3 Å². The molecule has 0 aliphatic carbocycles. The van der Waals surface area contributed by atoms with E-state index in [-0.39, 0.29) is 0 Å². The molecule has 0 spiro atoms. The van der Waals surface area contributed by atoms with E-state index in [4.69, 9.17) is 0 Å². The van der Waals surface area contributed by atoms with E-state index in [0.717, 1.165) is 24.3 Å². The largest absolute Gasteiger partial charge is 0.460 e. The Kier molecular flexibility index (Phi) is 8.42.